The Morgan fingerprint density at radius 3 is 2.14 bits per heavy atom. The number of carbonyl (C=O) groups is 2. The second-order valence-corrected chi connectivity index (χ2v) is 8.58. The number of rotatable bonds is 6. The van der Waals surface area contributed by atoms with E-state index in [1.807, 2.05) is 48.5 Å². The molecule has 2 amide bonds. The molecule has 4 rings (SSSR count). The molecule has 35 heavy (non-hydrogen) atoms. The molecule has 0 aliphatic carbocycles. The molecule has 174 valence electrons. The molecule has 0 aromatic heterocycles. The fourth-order valence-electron chi connectivity index (χ4n) is 3.40. The van der Waals surface area contributed by atoms with Crippen LogP contribution in [0.1, 0.15) is 33.2 Å². The number of hydrogen-bond acceptors (Lipinski definition) is 3. The van der Waals surface area contributed by atoms with Crippen LogP contribution >= 0.6 is 23.2 Å². The van der Waals surface area contributed by atoms with Gasteiger partial charge < -0.3 is 5.32 Å². The highest BCUT2D eigenvalue weighted by Gasteiger charge is 2.12. The van der Waals surface area contributed by atoms with E-state index in [-0.39, 0.29) is 16.8 Å². The SMILES string of the molecule is C/C(=N/NC(=O)c1ccc(-c2ccccc2)cc1)c1cccc(NC(=O)c2ccc(Cl)cc2Cl)c1. The van der Waals surface area contributed by atoms with Gasteiger partial charge in [0.1, 0.15) is 0 Å². The van der Waals surface area contributed by atoms with Crippen LogP contribution < -0.4 is 10.7 Å². The van der Waals surface area contributed by atoms with E-state index in [4.69, 9.17) is 23.2 Å². The Bertz CT molecular complexity index is 1400. The summed E-state index contributed by atoms with van der Waals surface area (Å²) < 4.78 is 0. The van der Waals surface area contributed by atoms with E-state index >= 15 is 0 Å². The summed E-state index contributed by atoms with van der Waals surface area (Å²) in [7, 11) is 0. The number of hydrazone groups is 1. The van der Waals surface area contributed by atoms with Crippen LogP contribution in [0, 0.1) is 0 Å². The standard InChI is InChI=1S/C28H21Cl2N3O2/c1-18(32-33-27(34)21-12-10-20(11-13-21)19-6-3-2-4-7-19)22-8-5-9-24(16-22)31-28(35)25-15-14-23(29)17-26(25)30/h2-17H,1H3,(H,31,35)(H,33,34)/b32-18-. The van der Waals surface area contributed by atoms with Crippen LogP contribution in [0.25, 0.3) is 11.1 Å². The maximum Gasteiger partial charge on any atom is 0.271 e. The van der Waals surface area contributed by atoms with E-state index in [0.29, 0.717) is 27.5 Å². The smallest absolute Gasteiger partial charge is 0.271 e. The van der Waals surface area contributed by atoms with Crippen molar-refractivity contribution >= 4 is 46.4 Å². The fourth-order valence-corrected chi connectivity index (χ4v) is 3.90. The van der Waals surface area contributed by atoms with Crippen LogP contribution in [-0.4, -0.2) is 17.5 Å². The topological polar surface area (TPSA) is 70.6 Å². The first-order chi connectivity index (χ1) is 16.9. The van der Waals surface area contributed by atoms with Crippen molar-refractivity contribution in [1.29, 1.82) is 0 Å². The number of anilines is 1. The number of hydrogen-bond donors (Lipinski definition) is 2. The molecule has 0 aliphatic heterocycles. The number of amides is 2. The molecule has 0 spiro atoms. The summed E-state index contributed by atoms with van der Waals surface area (Å²) in [6.07, 6.45) is 0. The van der Waals surface area contributed by atoms with Gasteiger partial charge in [0.05, 0.1) is 16.3 Å². The van der Waals surface area contributed by atoms with Gasteiger partial charge in [-0.3, -0.25) is 9.59 Å². The Labute approximate surface area is 213 Å². The molecule has 0 aliphatic rings. The lowest BCUT2D eigenvalue weighted by molar-refractivity contribution is 0.0954. The van der Waals surface area contributed by atoms with Crippen LogP contribution in [0.5, 0.6) is 0 Å². The molecule has 2 N–H and O–H groups in total. The van der Waals surface area contributed by atoms with E-state index in [0.717, 1.165) is 16.7 Å². The highest BCUT2D eigenvalue weighted by atomic mass is 35.5. The second kappa shape index (κ2) is 11.0. The molecule has 5 nitrogen and oxygen atoms in total. The summed E-state index contributed by atoms with van der Waals surface area (Å²) in [6.45, 7) is 1.77. The summed E-state index contributed by atoms with van der Waals surface area (Å²) in [6, 6.07) is 29.1. The lowest BCUT2D eigenvalue weighted by Crippen LogP contribution is -2.19. The highest BCUT2D eigenvalue weighted by molar-refractivity contribution is 6.37. The van der Waals surface area contributed by atoms with E-state index < -0.39 is 0 Å². The van der Waals surface area contributed by atoms with Crippen molar-refractivity contribution in [3.05, 3.63) is 124 Å². The first-order valence-electron chi connectivity index (χ1n) is 10.8. The van der Waals surface area contributed by atoms with Crippen molar-refractivity contribution < 1.29 is 9.59 Å². The predicted octanol–water partition coefficient (Wildman–Crippen LogP) is 7.07. The molecular formula is C28H21Cl2N3O2. The maximum absolute atomic E-state index is 12.6. The average Bonchev–Trinajstić information content (AvgIpc) is 2.87. The molecular weight excluding hydrogens is 481 g/mol. The van der Waals surface area contributed by atoms with E-state index in [1.165, 1.54) is 6.07 Å². The van der Waals surface area contributed by atoms with Crippen molar-refractivity contribution in [2.24, 2.45) is 5.10 Å². The van der Waals surface area contributed by atoms with Crippen molar-refractivity contribution in [3.63, 3.8) is 0 Å². The van der Waals surface area contributed by atoms with Gasteiger partial charge in [0.25, 0.3) is 11.8 Å². The summed E-state index contributed by atoms with van der Waals surface area (Å²) in [5.74, 6) is -0.670. The van der Waals surface area contributed by atoms with Gasteiger partial charge in [-0.05, 0) is 66.1 Å². The van der Waals surface area contributed by atoms with Gasteiger partial charge in [0.2, 0.25) is 0 Å². The molecule has 4 aromatic carbocycles. The monoisotopic (exact) mass is 501 g/mol. The van der Waals surface area contributed by atoms with Gasteiger partial charge in [-0.2, -0.15) is 5.10 Å². The second-order valence-electron chi connectivity index (χ2n) is 7.74. The van der Waals surface area contributed by atoms with Gasteiger partial charge >= 0.3 is 0 Å². The lowest BCUT2D eigenvalue weighted by atomic mass is 10.0. The Balaban J connectivity index is 1.42. The van der Waals surface area contributed by atoms with Gasteiger partial charge in [-0.25, -0.2) is 5.43 Å². The fraction of sp³-hybridized carbons (Fsp3) is 0.0357. The van der Waals surface area contributed by atoms with Gasteiger partial charge in [-0.1, -0.05) is 77.8 Å². The van der Waals surface area contributed by atoms with Gasteiger partial charge in [-0.15, -0.1) is 0 Å². The molecule has 0 saturated heterocycles. The quantitative estimate of drug-likeness (QED) is 0.219. The largest absolute Gasteiger partial charge is 0.322 e. The molecule has 0 bridgehead atoms. The van der Waals surface area contributed by atoms with E-state index in [1.54, 1.807) is 49.4 Å². The molecule has 4 aromatic rings. The first kappa shape index (κ1) is 24.2. The summed E-state index contributed by atoms with van der Waals surface area (Å²) in [5.41, 5.74) is 7.41. The van der Waals surface area contributed by atoms with Crippen LogP contribution in [0.15, 0.2) is 102 Å². The molecule has 0 atom stereocenters. The maximum atomic E-state index is 12.6. The predicted molar refractivity (Wildman–Crippen MR) is 142 cm³/mol. The number of nitrogens with zero attached hydrogens (tertiary/aromatic N) is 1. The Morgan fingerprint density at radius 2 is 1.43 bits per heavy atom. The first-order valence-corrected chi connectivity index (χ1v) is 11.5. The van der Waals surface area contributed by atoms with E-state index in [2.05, 4.69) is 15.8 Å². The Morgan fingerprint density at radius 1 is 0.714 bits per heavy atom. The minimum Gasteiger partial charge on any atom is -0.322 e. The lowest BCUT2D eigenvalue weighted by Gasteiger charge is -2.09. The molecule has 7 heteroatoms. The third-order valence-corrected chi connectivity index (χ3v) is 5.84. The average molecular weight is 502 g/mol. The third-order valence-electron chi connectivity index (χ3n) is 5.29. The number of halogens is 2. The zero-order chi connectivity index (χ0) is 24.8. The minimum absolute atomic E-state index is 0.267. The van der Waals surface area contributed by atoms with E-state index in [9.17, 15) is 9.59 Å². The van der Waals surface area contributed by atoms with Gasteiger partial charge in [0.15, 0.2) is 0 Å². The zero-order valence-electron chi connectivity index (χ0n) is 18.8. The minimum atomic E-state index is -0.356. The van der Waals surface area contributed by atoms with Crippen molar-refractivity contribution in [2.45, 2.75) is 6.92 Å². The summed E-state index contributed by atoms with van der Waals surface area (Å²) >= 11 is 12.0. The molecule has 0 fully saturated rings. The zero-order valence-corrected chi connectivity index (χ0v) is 20.3. The molecule has 0 radical (unpaired) electrons. The summed E-state index contributed by atoms with van der Waals surface area (Å²) in [5, 5.41) is 7.76. The highest BCUT2D eigenvalue weighted by Crippen LogP contribution is 2.23. The Kier molecular flexibility index (Phi) is 7.60. The molecule has 0 unspecified atom stereocenters. The van der Waals surface area contributed by atoms with Crippen LogP contribution in [0.3, 0.4) is 0 Å². The molecule has 0 saturated carbocycles. The van der Waals surface area contributed by atoms with Crippen molar-refractivity contribution in [3.8, 4) is 11.1 Å². The van der Waals surface area contributed by atoms with Gasteiger partial charge in [0, 0.05) is 16.3 Å². The number of carbonyl (C=O) groups excluding carboxylic acids is 2. The Hall–Kier alpha value is -3.93. The third kappa shape index (κ3) is 6.15. The number of nitrogens with one attached hydrogen (secondary N) is 2. The number of benzene rings is 4. The normalized spacial score (nSPS) is 11.1. The van der Waals surface area contributed by atoms with Crippen LogP contribution in [-0.2, 0) is 0 Å². The molecule has 0 heterocycles. The van der Waals surface area contributed by atoms with Crippen LogP contribution in [0.4, 0.5) is 5.69 Å². The van der Waals surface area contributed by atoms with Crippen LogP contribution in [0.2, 0.25) is 10.0 Å². The summed E-state index contributed by atoms with van der Waals surface area (Å²) in [4.78, 5) is 25.1. The van der Waals surface area contributed by atoms with Crippen molar-refractivity contribution in [1.82, 2.24) is 5.43 Å². The van der Waals surface area contributed by atoms with Crippen molar-refractivity contribution in [2.75, 3.05) is 5.32 Å².